The van der Waals surface area contributed by atoms with E-state index in [9.17, 15) is 9.59 Å². The molecule has 1 unspecified atom stereocenters. The molecule has 2 heterocycles. The fourth-order valence-electron chi connectivity index (χ4n) is 3.03. The molecule has 1 amide bonds. The van der Waals surface area contributed by atoms with Gasteiger partial charge < -0.3 is 9.64 Å². The van der Waals surface area contributed by atoms with Gasteiger partial charge in [-0.05, 0) is 32.0 Å². The average molecular weight is 392 g/mol. The number of halogens is 1. The van der Waals surface area contributed by atoms with Crippen molar-refractivity contribution in [2.24, 2.45) is 0 Å². The minimum absolute atomic E-state index is 0. The first kappa shape index (κ1) is 18.1. The van der Waals surface area contributed by atoms with Crippen LogP contribution in [0.5, 0.6) is 0 Å². The molecule has 0 bridgehead atoms. The first-order valence-corrected chi connectivity index (χ1v) is 7.55. The van der Waals surface area contributed by atoms with Crippen LogP contribution < -0.4 is 9.47 Å². The summed E-state index contributed by atoms with van der Waals surface area (Å²) in [6.45, 7) is 3.99. The third-order valence-electron chi connectivity index (χ3n) is 4.02. The summed E-state index contributed by atoms with van der Waals surface area (Å²) in [5, 5.41) is 0. The summed E-state index contributed by atoms with van der Waals surface area (Å²) in [6, 6.07) is 10.8. The second-order valence-corrected chi connectivity index (χ2v) is 5.79. The number of carbonyl (C=O) groups is 2. The van der Waals surface area contributed by atoms with Gasteiger partial charge in [0.25, 0.3) is 6.04 Å². The average Bonchev–Trinajstić information content (AvgIpc) is 2.86. The van der Waals surface area contributed by atoms with Gasteiger partial charge in [0.05, 0.1) is 18.4 Å². The number of benzene rings is 1. The topological polar surface area (TPSA) is 50.5 Å². The van der Waals surface area contributed by atoms with Crippen molar-refractivity contribution in [1.82, 2.24) is 0 Å². The van der Waals surface area contributed by atoms with Gasteiger partial charge in [0.1, 0.15) is 5.56 Å². The number of anilines is 1. The van der Waals surface area contributed by atoms with E-state index in [4.69, 9.17) is 4.74 Å². The van der Waals surface area contributed by atoms with Crippen LogP contribution in [0.4, 0.5) is 5.69 Å². The van der Waals surface area contributed by atoms with Crippen LogP contribution in [0.2, 0.25) is 0 Å². The van der Waals surface area contributed by atoms with Gasteiger partial charge in [0.2, 0.25) is 0 Å². The van der Waals surface area contributed by atoms with Gasteiger partial charge in [-0.3, -0.25) is 4.79 Å². The van der Waals surface area contributed by atoms with E-state index in [-0.39, 0.29) is 28.9 Å². The van der Waals surface area contributed by atoms with Crippen LogP contribution in [0.1, 0.15) is 35.8 Å². The van der Waals surface area contributed by atoms with Gasteiger partial charge in [-0.25, -0.2) is 4.79 Å². The van der Waals surface area contributed by atoms with E-state index < -0.39 is 12.0 Å². The van der Waals surface area contributed by atoms with E-state index in [1.54, 1.807) is 34.0 Å². The first-order valence-electron chi connectivity index (χ1n) is 7.55. The third kappa shape index (κ3) is 2.94. The Kier molecular flexibility index (Phi) is 5.39. The van der Waals surface area contributed by atoms with Crippen molar-refractivity contribution in [2.45, 2.75) is 25.9 Å². The molecule has 0 radical (unpaired) electrons. The molecule has 0 N–H and O–H groups in total. The molecular weight excluding hydrogens is 372 g/mol. The van der Waals surface area contributed by atoms with Gasteiger partial charge in [0.15, 0.2) is 12.4 Å². The molecule has 1 aromatic heterocycles. The molecule has 5 nitrogen and oxygen atoms in total. The summed E-state index contributed by atoms with van der Waals surface area (Å²) >= 11 is 0. The number of carbonyl (C=O) groups excluding carboxylic acids is 2. The molecule has 1 atom stereocenters. The highest BCUT2D eigenvalue weighted by Gasteiger charge is 2.44. The minimum Gasteiger partial charge on any atom is -0.465 e. The number of amides is 1. The summed E-state index contributed by atoms with van der Waals surface area (Å²) in [7, 11) is 1.34. The number of aromatic nitrogens is 1. The first-order chi connectivity index (χ1) is 11.0. The van der Waals surface area contributed by atoms with E-state index >= 15 is 0 Å². The van der Waals surface area contributed by atoms with Gasteiger partial charge in [-0.2, -0.15) is 4.57 Å². The number of hydrogen-bond donors (Lipinski definition) is 0. The van der Waals surface area contributed by atoms with Crippen LogP contribution >= 0.6 is 17.0 Å². The van der Waals surface area contributed by atoms with Crippen molar-refractivity contribution in [3.05, 3.63) is 59.9 Å². The molecule has 2 aromatic rings. The number of para-hydroxylation sites is 1. The van der Waals surface area contributed by atoms with E-state index in [1.165, 1.54) is 7.11 Å². The molecule has 126 valence electrons. The lowest BCUT2D eigenvalue weighted by Crippen LogP contribution is -2.47. The largest absolute Gasteiger partial charge is 0.465 e. The fraction of sp³-hybridized carbons (Fsp3) is 0.278. The van der Waals surface area contributed by atoms with Crippen LogP contribution in [0.3, 0.4) is 0 Å². The van der Waals surface area contributed by atoms with Gasteiger partial charge in [-0.1, -0.05) is 12.1 Å². The lowest BCUT2D eigenvalue weighted by molar-refractivity contribution is -0.699. The number of hydrogen-bond acceptors (Lipinski definition) is 3. The summed E-state index contributed by atoms with van der Waals surface area (Å²) in [5.41, 5.74) is 2.29. The zero-order chi connectivity index (χ0) is 16.6. The van der Waals surface area contributed by atoms with Crippen LogP contribution in [0.25, 0.3) is 0 Å². The zero-order valence-corrected chi connectivity index (χ0v) is 15.5. The fourth-order valence-corrected chi connectivity index (χ4v) is 3.03. The Morgan fingerprint density at radius 1 is 1.21 bits per heavy atom. The summed E-state index contributed by atoms with van der Waals surface area (Å²) in [4.78, 5) is 26.5. The highest BCUT2D eigenvalue weighted by molar-refractivity contribution is 8.93. The molecule has 6 heteroatoms. The van der Waals surface area contributed by atoms with Crippen LogP contribution in [-0.2, 0) is 9.53 Å². The molecule has 0 spiro atoms. The molecule has 0 fully saturated rings. The van der Waals surface area contributed by atoms with Crippen molar-refractivity contribution >= 4 is 34.5 Å². The van der Waals surface area contributed by atoms with Crippen LogP contribution in [0.15, 0.2) is 48.8 Å². The number of nitrogens with zero attached hydrogens (tertiary/aromatic N) is 2. The number of ether oxygens (including phenoxy) is 1. The summed E-state index contributed by atoms with van der Waals surface area (Å²) in [6.07, 6.45) is 3.46. The monoisotopic (exact) mass is 391 g/mol. The van der Waals surface area contributed by atoms with Crippen LogP contribution in [-0.4, -0.2) is 25.0 Å². The van der Waals surface area contributed by atoms with E-state index in [0.29, 0.717) is 5.56 Å². The molecule has 1 aliphatic heterocycles. The van der Waals surface area contributed by atoms with E-state index in [1.807, 2.05) is 38.1 Å². The number of fused-ring (bicyclic) bond motifs is 1. The van der Waals surface area contributed by atoms with E-state index in [2.05, 4.69) is 0 Å². The Bertz CT molecular complexity index is 776. The van der Waals surface area contributed by atoms with Crippen molar-refractivity contribution in [3.63, 3.8) is 0 Å². The van der Waals surface area contributed by atoms with Gasteiger partial charge in [-0.15, -0.1) is 17.0 Å². The Morgan fingerprint density at radius 2 is 1.92 bits per heavy atom. The second kappa shape index (κ2) is 7.13. The lowest BCUT2D eigenvalue weighted by atomic mass is 10.1. The highest BCUT2D eigenvalue weighted by Crippen LogP contribution is 2.36. The molecule has 24 heavy (non-hydrogen) atoms. The Balaban J connectivity index is 0.00000208. The SMILES string of the molecule is Br.COC(=O)c1ccc[n+](C2C(=O)N(C(C)C)c3ccccc32)c1. The summed E-state index contributed by atoms with van der Waals surface area (Å²) in [5.74, 6) is -0.410. The quantitative estimate of drug-likeness (QED) is 0.596. The van der Waals surface area contributed by atoms with Crippen LogP contribution in [0, 0.1) is 0 Å². The number of pyridine rings is 1. The Morgan fingerprint density at radius 3 is 2.58 bits per heavy atom. The molecule has 0 saturated heterocycles. The molecule has 3 rings (SSSR count). The zero-order valence-electron chi connectivity index (χ0n) is 13.8. The lowest BCUT2D eigenvalue weighted by Gasteiger charge is -2.21. The maximum absolute atomic E-state index is 12.9. The smallest absolute Gasteiger partial charge is 0.343 e. The molecular formula is C18H20BrN2O3+. The predicted octanol–water partition coefficient (Wildman–Crippen LogP) is 2.68. The van der Waals surface area contributed by atoms with Gasteiger partial charge >= 0.3 is 11.9 Å². The number of methoxy groups -OCH3 is 1. The number of rotatable bonds is 3. The van der Waals surface area contributed by atoms with Crippen molar-refractivity contribution in [1.29, 1.82) is 0 Å². The molecule has 1 aliphatic rings. The van der Waals surface area contributed by atoms with Crippen molar-refractivity contribution < 1.29 is 18.9 Å². The predicted molar refractivity (Wildman–Crippen MR) is 95.5 cm³/mol. The summed E-state index contributed by atoms with van der Waals surface area (Å²) < 4.78 is 6.54. The maximum atomic E-state index is 12.9. The Hall–Kier alpha value is -2.21. The standard InChI is InChI=1S/C18H19N2O3.BrH/c1-12(2)20-15-9-5-4-8-14(15)16(17(20)21)19-10-6-7-13(11-19)18(22)23-3;/h4-12,16H,1-3H3;1H/q+1;. The van der Waals surface area contributed by atoms with Gasteiger partial charge in [0, 0.05) is 12.1 Å². The normalized spacial score (nSPS) is 15.9. The molecule has 1 aromatic carbocycles. The minimum atomic E-state index is -0.460. The second-order valence-electron chi connectivity index (χ2n) is 5.79. The van der Waals surface area contributed by atoms with Crippen molar-refractivity contribution in [3.8, 4) is 0 Å². The molecule has 0 aliphatic carbocycles. The third-order valence-corrected chi connectivity index (χ3v) is 4.02. The maximum Gasteiger partial charge on any atom is 0.343 e. The Labute approximate surface area is 151 Å². The van der Waals surface area contributed by atoms with Crippen molar-refractivity contribution in [2.75, 3.05) is 12.0 Å². The van der Waals surface area contributed by atoms with E-state index in [0.717, 1.165) is 11.3 Å². The molecule has 0 saturated carbocycles. The highest BCUT2D eigenvalue weighted by atomic mass is 79.9. The number of esters is 1.